The molecule has 0 aromatic carbocycles. The molecule has 16 heavy (non-hydrogen) atoms. The fourth-order valence-electron chi connectivity index (χ4n) is 2.28. The molecule has 0 aliphatic carbocycles. The van der Waals surface area contributed by atoms with E-state index in [2.05, 4.69) is 25.7 Å². The Morgan fingerprint density at radius 1 is 1.38 bits per heavy atom. The van der Waals surface area contributed by atoms with Gasteiger partial charge in [-0.05, 0) is 37.3 Å². The summed E-state index contributed by atoms with van der Waals surface area (Å²) in [6, 6.07) is 0. The highest BCUT2D eigenvalue weighted by atomic mass is 16.4. The lowest BCUT2D eigenvalue weighted by Gasteiger charge is -2.38. The molecule has 92 valence electrons. The van der Waals surface area contributed by atoms with Crippen molar-refractivity contribution in [3.63, 3.8) is 0 Å². The van der Waals surface area contributed by atoms with Crippen molar-refractivity contribution in [3.05, 3.63) is 12.2 Å². The second kappa shape index (κ2) is 5.48. The van der Waals surface area contributed by atoms with E-state index in [1.54, 1.807) is 6.08 Å². The number of likely N-dealkylation sites (tertiary alicyclic amines) is 1. The molecule has 0 bridgehead atoms. The number of rotatable bonds is 3. The number of carbonyl (C=O) groups is 1. The van der Waals surface area contributed by atoms with E-state index in [1.807, 2.05) is 0 Å². The zero-order chi connectivity index (χ0) is 12.2. The third kappa shape index (κ3) is 4.35. The molecular formula is C13H23NO2. The van der Waals surface area contributed by atoms with E-state index in [-0.39, 0.29) is 0 Å². The van der Waals surface area contributed by atoms with Gasteiger partial charge in [0.25, 0.3) is 0 Å². The number of piperidine rings is 1. The fourth-order valence-corrected chi connectivity index (χ4v) is 2.28. The first-order chi connectivity index (χ1) is 7.39. The molecule has 0 aromatic rings. The molecule has 3 heteroatoms. The van der Waals surface area contributed by atoms with E-state index >= 15 is 0 Å². The Hall–Kier alpha value is -0.830. The molecule has 1 rings (SSSR count). The molecule has 3 nitrogen and oxygen atoms in total. The molecule has 0 radical (unpaired) electrons. The first-order valence-electron chi connectivity index (χ1n) is 6.01. The summed E-state index contributed by atoms with van der Waals surface area (Å²) in [5.74, 6) is -0.0585. The average Bonchev–Trinajstić information content (AvgIpc) is 2.16. The molecule has 1 fully saturated rings. The van der Waals surface area contributed by atoms with Crippen LogP contribution in [0.25, 0.3) is 0 Å². The van der Waals surface area contributed by atoms with Crippen LogP contribution in [-0.4, -0.2) is 35.6 Å². The van der Waals surface area contributed by atoms with Gasteiger partial charge in [-0.1, -0.05) is 26.8 Å². The summed E-state index contributed by atoms with van der Waals surface area (Å²) in [7, 11) is 0. The van der Waals surface area contributed by atoms with Crippen molar-refractivity contribution in [2.45, 2.75) is 33.6 Å². The number of hydrogen-bond acceptors (Lipinski definition) is 2. The van der Waals surface area contributed by atoms with Gasteiger partial charge >= 0.3 is 5.97 Å². The number of nitrogens with zero attached hydrogens (tertiary/aromatic N) is 1. The summed E-state index contributed by atoms with van der Waals surface area (Å²) in [6.07, 6.45) is 5.42. The monoisotopic (exact) mass is 225 g/mol. The van der Waals surface area contributed by atoms with Crippen molar-refractivity contribution in [1.82, 2.24) is 4.90 Å². The van der Waals surface area contributed by atoms with Gasteiger partial charge in [-0.2, -0.15) is 0 Å². The third-order valence-electron chi connectivity index (χ3n) is 3.44. The predicted octanol–water partition coefficient (Wildman–Crippen LogP) is 2.39. The second-order valence-electron chi connectivity index (χ2n) is 5.68. The molecule has 1 aliphatic rings. The summed E-state index contributed by atoms with van der Waals surface area (Å²) in [5, 5.41) is 8.49. The molecule has 0 spiro atoms. The topological polar surface area (TPSA) is 40.5 Å². The maximum atomic E-state index is 10.3. The van der Waals surface area contributed by atoms with Crippen LogP contribution in [0.5, 0.6) is 0 Å². The van der Waals surface area contributed by atoms with E-state index in [0.29, 0.717) is 5.41 Å². The zero-order valence-corrected chi connectivity index (χ0v) is 10.6. The molecule has 0 amide bonds. The van der Waals surface area contributed by atoms with Crippen LogP contribution in [-0.2, 0) is 4.79 Å². The molecule has 1 saturated heterocycles. The predicted molar refractivity (Wildman–Crippen MR) is 65.4 cm³/mol. The first-order valence-corrected chi connectivity index (χ1v) is 6.01. The van der Waals surface area contributed by atoms with E-state index in [9.17, 15) is 4.79 Å². The van der Waals surface area contributed by atoms with Crippen LogP contribution in [0.3, 0.4) is 0 Å². The number of aliphatic carboxylic acids is 1. The highest BCUT2D eigenvalue weighted by Crippen LogP contribution is 2.34. The summed E-state index contributed by atoms with van der Waals surface area (Å²) in [4.78, 5) is 12.6. The molecule has 0 aromatic heterocycles. The minimum Gasteiger partial charge on any atom is -0.478 e. The van der Waals surface area contributed by atoms with Crippen LogP contribution >= 0.6 is 0 Å². The van der Waals surface area contributed by atoms with E-state index in [4.69, 9.17) is 5.11 Å². The largest absolute Gasteiger partial charge is 0.478 e. The summed E-state index contributed by atoms with van der Waals surface area (Å²) >= 11 is 0. The molecule has 1 aliphatic heterocycles. The van der Waals surface area contributed by atoms with Gasteiger partial charge in [-0.25, -0.2) is 4.79 Å². The Morgan fingerprint density at radius 3 is 2.38 bits per heavy atom. The quantitative estimate of drug-likeness (QED) is 0.750. The van der Waals surface area contributed by atoms with Crippen LogP contribution in [0.4, 0.5) is 0 Å². The van der Waals surface area contributed by atoms with Gasteiger partial charge in [0.05, 0.1) is 0 Å². The molecule has 1 N–H and O–H groups in total. The van der Waals surface area contributed by atoms with Crippen molar-refractivity contribution >= 4 is 5.97 Å². The molecule has 0 saturated carbocycles. The minimum atomic E-state index is -0.857. The first kappa shape index (κ1) is 13.2. The van der Waals surface area contributed by atoms with Crippen molar-refractivity contribution in [1.29, 1.82) is 0 Å². The van der Waals surface area contributed by atoms with Crippen molar-refractivity contribution < 1.29 is 9.90 Å². The minimum absolute atomic E-state index is 0.406. The maximum absolute atomic E-state index is 10.3. The van der Waals surface area contributed by atoms with Gasteiger partial charge in [-0.3, -0.25) is 4.90 Å². The van der Waals surface area contributed by atoms with Crippen molar-refractivity contribution in [3.8, 4) is 0 Å². The Morgan fingerprint density at radius 2 is 1.94 bits per heavy atom. The highest BCUT2D eigenvalue weighted by Gasteiger charge is 2.28. The fraction of sp³-hybridized carbons (Fsp3) is 0.769. The van der Waals surface area contributed by atoms with Crippen LogP contribution in [0.1, 0.15) is 33.6 Å². The SMILES string of the molecule is CC(C)(C)C1CCN(CC=CC(=O)O)CC1. The highest BCUT2D eigenvalue weighted by molar-refractivity contribution is 5.79. The molecule has 0 unspecified atom stereocenters. The standard InChI is InChI=1S/C13H23NO2/c1-13(2,3)11-6-9-14(10-7-11)8-4-5-12(15)16/h4-5,11H,6-10H2,1-3H3,(H,15,16). The second-order valence-corrected chi connectivity index (χ2v) is 5.68. The number of hydrogen-bond donors (Lipinski definition) is 1. The van der Waals surface area contributed by atoms with Gasteiger partial charge in [0.2, 0.25) is 0 Å². The van der Waals surface area contributed by atoms with Gasteiger partial charge in [-0.15, -0.1) is 0 Å². The van der Waals surface area contributed by atoms with Crippen LogP contribution < -0.4 is 0 Å². The summed E-state index contributed by atoms with van der Waals surface area (Å²) < 4.78 is 0. The summed E-state index contributed by atoms with van der Waals surface area (Å²) in [6.45, 7) is 9.86. The third-order valence-corrected chi connectivity index (χ3v) is 3.44. The van der Waals surface area contributed by atoms with Crippen molar-refractivity contribution in [2.75, 3.05) is 19.6 Å². The Balaban J connectivity index is 2.30. The number of carboxylic acids is 1. The lowest BCUT2D eigenvalue weighted by atomic mass is 9.75. The van der Waals surface area contributed by atoms with Crippen LogP contribution in [0.2, 0.25) is 0 Å². The lowest BCUT2D eigenvalue weighted by Crippen LogP contribution is -2.38. The lowest BCUT2D eigenvalue weighted by molar-refractivity contribution is -0.131. The molecular weight excluding hydrogens is 202 g/mol. The van der Waals surface area contributed by atoms with Gasteiger partial charge < -0.3 is 5.11 Å². The Labute approximate surface area is 98.1 Å². The zero-order valence-electron chi connectivity index (χ0n) is 10.6. The number of carboxylic acid groups (broad SMARTS) is 1. The van der Waals surface area contributed by atoms with E-state index in [0.717, 1.165) is 25.6 Å². The normalized spacial score (nSPS) is 20.4. The van der Waals surface area contributed by atoms with Gasteiger partial charge in [0.1, 0.15) is 0 Å². The van der Waals surface area contributed by atoms with E-state index in [1.165, 1.54) is 18.9 Å². The van der Waals surface area contributed by atoms with E-state index < -0.39 is 5.97 Å². The van der Waals surface area contributed by atoms with Crippen molar-refractivity contribution in [2.24, 2.45) is 11.3 Å². The summed E-state index contributed by atoms with van der Waals surface area (Å²) in [5.41, 5.74) is 0.406. The smallest absolute Gasteiger partial charge is 0.328 e. The van der Waals surface area contributed by atoms with Gasteiger partial charge in [0, 0.05) is 12.6 Å². The van der Waals surface area contributed by atoms with Crippen LogP contribution in [0.15, 0.2) is 12.2 Å². The van der Waals surface area contributed by atoms with Crippen LogP contribution in [0, 0.1) is 11.3 Å². The molecule has 1 heterocycles. The maximum Gasteiger partial charge on any atom is 0.328 e. The average molecular weight is 225 g/mol. The Kier molecular flexibility index (Phi) is 4.54. The Bertz CT molecular complexity index is 258. The molecule has 0 atom stereocenters. The van der Waals surface area contributed by atoms with Gasteiger partial charge in [0.15, 0.2) is 0 Å².